The number of nitrogens with one attached hydrogen (secondary N) is 1. The van der Waals surface area contributed by atoms with Crippen molar-refractivity contribution in [1.82, 2.24) is 5.32 Å². The number of methoxy groups -OCH3 is 1. The fourth-order valence-corrected chi connectivity index (χ4v) is 1.07. The Hall–Kier alpha value is -0.570. The minimum Gasteiger partial charge on any atom is -0.469 e. The molecule has 0 spiro atoms. The van der Waals surface area contributed by atoms with Gasteiger partial charge < -0.3 is 10.1 Å². The minimum absolute atomic E-state index is 0.151. The van der Waals surface area contributed by atoms with Gasteiger partial charge >= 0.3 is 5.97 Å². The third-order valence-electron chi connectivity index (χ3n) is 2.67. The smallest absolute Gasteiger partial charge is 0.306 e. The van der Waals surface area contributed by atoms with Crippen molar-refractivity contribution in [3.8, 4) is 0 Å². The molecule has 78 valence electrons. The molecule has 0 amide bonds. The second-order valence-electron chi connectivity index (χ2n) is 3.52. The van der Waals surface area contributed by atoms with Crippen LogP contribution in [0.5, 0.6) is 0 Å². The van der Waals surface area contributed by atoms with Crippen LogP contribution < -0.4 is 5.32 Å². The lowest BCUT2D eigenvalue weighted by molar-refractivity contribution is -0.140. The highest BCUT2D eigenvalue weighted by Crippen LogP contribution is 2.12. The summed E-state index contributed by atoms with van der Waals surface area (Å²) in [5.41, 5.74) is 0.161. The van der Waals surface area contributed by atoms with E-state index in [-0.39, 0.29) is 11.5 Å². The molecule has 0 aliphatic rings. The molecule has 3 heteroatoms. The molecule has 0 aliphatic carbocycles. The highest BCUT2D eigenvalue weighted by molar-refractivity contribution is 5.69. The Morgan fingerprint density at radius 3 is 2.31 bits per heavy atom. The molecule has 1 N–H and O–H groups in total. The maximum atomic E-state index is 10.8. The molecule has 0 aromatic carbocycles. The molecular weight excluding hydrogens is 166 g/mol. The summed E-state index contributed by atoms with van der Waals surface area (Å²) < 4.78 is 4.55. The summed E-state index contributed by atoms with van der Waals surface area (Å²) in [6.07, 6.45) is 2.60. The SMILES string of the molecule is CCC(C)(CC)NCCC(=O)OC. The van der Waals surface area contributed by atoms with E-state index in [0.29, 0.717) is 13.0 Å². The van der Waals surface area contributed by atoms with Gasteiger partial charge in [-0.15, -0.1) is 0 Å². The van der Waals surface area contributed by atoms with Gasteiger partial charge in [-0.2, -0.15) is 0 Å². The first kappa shape index (κ1) is 12.4. The molecule has 0 bridgehead atoms. The number of carbonyl (C=O) groups excluding carboxylic acids is 1. The zero-order chi connectivity index (χ0) is 10.3. The Morgan fingerprint density at radius 2 is 1.92 bits per heavy atom. The summed E-state index contributed by atoms with van der Waals surface area (Å²) >= 11 is 0. The molecule has 3 nitrogen and oxygen atoms in total. The predicted molar refractivity (Wildman–Crippen MR) is 53.6 cm³/mol. The Morgan fingerprint density at radius 1 is 1.38 bits per heavy atom. The van der Waals surface area contributed by atoms with Crippen LogP contribution in [0.3, 0.4) is 0 Å². The normalized spacial score (nSPS) is 11.4. The van der Waals surface area contributed by atoms with Crippen molar-refractivity contribution in [3.05, 3.63) is 0 Å². The molecule has 0 aliphatic heterocycles. The first-order valence-electron chi connectivity index (χ1n) is 4.89. The second kappa shape index (κ2) is 5.97. The maximum absolute atomic E-state index is 10.8. The van der Waals surface area contributed by atoms with E-state index < -0.39 is 0 Å². The highest BCUT2D eigenvalue weighted by Gasteiger charge is 2.18. The van der Waals surface area contributed by atoms with E-state index in [1.165, 1.54) is 7.11 Å². The van der Waals surface area contributed by atoms with E-state index in [1.807, 2.05) is 0 Å². The molecular formula is C10H21NO2. The second-order valence-corrected chi connectivity index (χ2v) is 3.52. The Labute approximate surface area is 80.8 Å². The van der Waals surface area contributed by atoms with Crippen molar-refractivity contribution >= 4 is 5.97 Å². The van der Waals surface area contributed by atoms with Crippen LogP contribution in [-0.4, -0.2) is 25.2 Å². The quantitative estimate of drug-likeness (QED) is 0.643. The van der Waals surface area contributed by atoms with Gasteiger partial charge in [-0.1, -0.05) is 13.8 Å². The number of hydrogen-bond donors (Lipinski definition) is 1. The van der Waals surface area contributed by atoms with Gasteiger partial charge in [-0.25, -0.2) is 0 Å². The fourth-order valence-electron chi connectivity index (χ4n) is 1.07. The van der Waals surface area contributed by atoms with Crippen LogP contribution in [-0.2, 0) is 9.53 Å². The predicted octanol–water partition coefficient (Wildman–Crippen LogP) is 1.72. The monoisotopic (exact) mass is 187 g/mol. The van der Waals surface area contributed by atoms with Crippen LogP contribution >= 0.6 is 0 Å². The zero-order valence-electron chi connectivity index (χ0n) is 9.14. The number of esters is 1. The van der Waals surface area contributed by atoms with E-state index in [2.05, 4.69) is 30.8 Å². The molecule has 0 saturated carbocycles. The van der Waals surface area contributed by atoms with Gasteiger partial charge in [0.05, 0.1) is 13.5 Å². The number of rotatable bonds is 6. The van der Waals surface area contributed by atoms with E-state index in [4.69, 9.17) is 0 Å². The van der Waals surface area contributed by atoms with Crippen molar-refractivity contribution in [2.45, 2.75) is 45.6 Å². The van der Waals surface area contributed by atoms with Gasteiger partial charge in [-0.05, 0) is 19.8 Å². The number of carbonyl (C=O) groups is 1. The van der Waals surface area contributed by atoms with Gasteiger partial charge in [0, 0.05) is 12.1 Å². The molecule has 0 saturated heterocycles. The fraction of sp³-hybridized carbons (Fsp3) is 0.900. The zero-order valence-corrected chi connectivity index (χ0v) is 9.14. The molecule has 0 heterocycles. The Bertz CT molecular complexity index is 153. The molecule has 0 unspecified atom stereocenters. The van der Waals surface area contributed by atoms with Crippen molar-refractivity contribution in [3.63, 3.8) is 0 Å². The van der Waals surface area contributed by atoms with Crippen molar-refractivity contribution < 1.29 is 9.53 Å². The lowest BCUT2D eigenvalue weighted by atomic mass is 9.95. The Kier molecular flexibility index (Phi) is 5.71. The van der Waals surface area contributed by atoms with E-state index in [0.717, 1.165) is 12.8 Å². The lowest BCUT2D eigenvalue weighted by Crippen LogP contribution is -2.42. The van der Waals surface area contributed by atoms with Crippen LogP contribution in [0, 0.1) is 0 Å². The maximum Gasteiger partial charge on any atom is 0.306 e. The molecule has 0 fully saturated rings. The standard InChI is InChI=1S/C10H21NO2/c1-5-10(3,6-2)11-8-7-9(12)13-4/h11H,5-8H2,1-4H3. The summed E-state index contributed by atoms with van der Waals surface area (Å²) in [6.45, 7) is 7.17. The van der Waals surface area contributed by atoms with Crippen molar-refractivity contribution in [2.24, 2.45) is 0 Å². The van der Waals surface area contributed by atoms with Gasteiger partial charge in [0.15, 0.2) is 0 Å². The van der Waals surface area contributed by atoms with Crippen LogP contribution in [0.1, 0.15) is 40.0 Å². The molecule has 0 atom stereocenters. The van der Waals surface area contributed by atoms with Crippen LogP contribution in [0.25, 0.3) is 0 Å². The van der Waals surface area contributed by atoms with Gasteiger partial charge in [0.25, 0.3) is 0 Å². The summed E-state index contributed by atoms with van der Waals surface area (Å²) in [5, 5.41) is 3.36. The van der Waals surface area contributed by atoms with E-state index in [9.17, 15) is 4.79 Å². The van der Waals surface area contributed by atoms with Gasteiger partial charge in [0.2, 0.25) is 0 Å². The summed E-state index contributed by atoms with van der Waals surface area (Å²) in [4.78, 5) is 10.8. The molecule has 13 heavy (non-hydrogen) atoms. The lowest BCUT2D eigenvalue weighted by Gasteiger charge is -2.28. The first-order chi connectivity index (χ1) is 6.08. The summed E-state index contributed by atoms with van der Waals surface area (Å²) in [7, 11) is 1.42. The topological polar surface area (TPSA) is 38.3 Å². The molecule has 0 radical (unpaired) electrons. The van der Waals surface area contributed by atoms with Gasteiger partial charge in [0.1, 0.15) is 0 Å². The number of hydrogen-bond acceptors (Lipinski definition) is 3. The Balaban J connectivity index is 3.67. The minimum atomic E-state index is -0.151. The average Bonchev–Trinajstić information content (AvgIpc) is 2.17. The average molecular weight is 187 g/mol. The third kappa shape index (κ3) is 4.88. The van der Waals surface area contributed by atoms with Crippen molar-refractivity contribution in [2.75, 3.05) is 13.7 Å². The van der Waals surface area contributed by atoms with Gasteiger partial charge in [-0.3, -0.25) is 4.79 Å². The highest BCUT2D eigenvalue weighted by atomic mass is 16.5. The summed E-state index contributed by atoms with van der Waals surface area (Å²) in [5.74, 6) is -0.151. The van der Waals surface area contributed by atoms with E-state index >= 15 is 0 Å². The first-order valence-corrected chi connectivity index (χ1v) is 4.89. The van der Waals surface area contributed by atoms with Crippen LogP contribution in [0.15, 0.2) is 0 Å². The van der Waals surface area contributed by atoms with Crippen molar-refractivity contribution in [1.29, 1.82) is 0 Å². The summed E-state index contributed by atoms with van der Waals surface area (Å²) in [6, 6.07) is 0. The molecule has 0 aromatic heterocycles. The molecule has 0 rings (SSSR count). The largest absolute Gasteiger partial charge is 0.469 e. The van der Waals surface area contributed by atoms with Crippen LogP contribution in [0.2, 0.25) is 0 Å². The van der Waals surface area contributed by atoms with Crippen LogP contribution in [0.4, 0.5) is 0 Å². The third-order valence-corrected chi connectivity index (χ3v) is 2.67. The number of ether oxygens (including phenoxy) is 1. The van der Waals surface area contributed by atoms with E-state index in [1.54, 1.807) is 0 Å². The molecule has 0 aromatic rings.